The zero-order valence-electron chi connectivity index (χ0n) is 17.0. The van der Waals surface area contributed by atoms with Crippen molar-refractivity contribution < 1.29 is 22.7 Å². The molecule has 12 heteroatoms. The highest BCUT2D eigenvalue weighted by atomic mass is 19.4. The molecule has 0 aliphatic rings. The number of H-pyrrole nitrogens is 1. The summed E-state index contributed by atoms with van der Waals surface area (Å²) < 4.78 is 43.3. The van der Waals surface area contributed by atoms with E-state index in [9.17, 15) is 27.6 Å². The van der Waals surface area contributed by atoms with Gasteiger partial charge in [-0.25, -0.2) is 4.79 Å². The first-order valence-electron chi connectivity index (χ1n) is 9.04. The molecule has 0 spiro atoms. The van der Waals surface area contributed by atoms with Gasteiger partial charge in [-0.1, -0.05) is 13.8 Å². The largest absolute Gasteiger partial charge is 0.390 e. The van der Waals surface area contributed by atoms with Gasteiger partial charge in [0.25, 0.3) is 5.56 Å². The van der Waals surface area contributed by atoms with Crippen LogP contribution < -0.4 is 21.9 Å². The van der Waals surface area contributed by atoms with Gasteiger partial charge in [-0.05, 0) is 13.0 Å². The topological polar surface area (TPSA) is 114 Å². The van der Waals surface area contributed by atoms with Crippen LogP contribution in [0.4, 0.5) is 24.7 Å². The summed E-state index contributed by atoms with van der Waals surface area (Å²) in [5.74, 6) is -0.793. The van der Waals surface area contributed by atoms with Crippen LogP contribution in [-0.4, -0.2) is 66.9 Å². The van der Waals surface area contributed by atoms with Crippen LogP contribution in [0.15, 0.2) is 9.59 Å². The van der Waals surface area contributed by atoms with Crippen molar-refractivity contribution in [3.63, 3.8) is 0 Å². The van der Waals surface area contributed by atoms with E-state index >= 15 is 0 Å². The summed E-state index contributed by atoms with van der Waals surface area (Å²) >= 11 is 0. The van der Waals surface area contributed by atoms with Crippen molar-refractivity contribution in [2.45, 2.75) is 33.0 Å². The van der Waals surface area contributed by atoms with Crippen LogP contribution in [0.1, 0.15) is 20.3 Å². The number of likely N-dealkylation sites (N-methyl/N-ethyl adjacent to an activating group) is 1. The van der Waals surface area contributed by atoms with E-state index in [0.29, 0.717) is 0 Å². The predicted octanol–water partition coefficient (Wildman–Crippen LogP) is 0.638. The second kappa shape index (κ2) is 10.4. The summed E-state index contributed by atoms with van der Waals surface area (Å²) in [5.41, 5.74) is 4.26. The number of carbonyl (C=O) groups excluding carboxylic acids is 1. The number of nitrogen functional groups attached to an aromatic ring is 1. The number of nitrogens with one attached hydrogen (secondary N) is 1. The lowest BCUT2D eigenvalue weighted by Gasteiger charge is -2.27. The average molecular weight is 423 g/mol. The van der Waals surface area contributed by atoms with E-state index in [1.54, 1.807) is 0 Å². The number of aromatic amines is 1. The van der Waals surface area contributed by atoms with E-state index in [-0.39, 0.29) is 50.2 Å². The molecule has 0 bridgehead atoms. The van der Waals surface area contributed by atoms with E-state index in [1.165, 1.54) is 19.1 Å². The quantitative estimate of drug-likeness (QED) is 0.571. The van der Waals surface area contributed by atoms with Crippen molar-refractivity contribution in [3.8, 4) is 0 Å². The van der Waals surface area contributed by atoms with Gasteiger partial charge in [-0.15, -0.1) is 0 Å². The van der Waals surface area contributed by atoms with Gasteiger partial charge in [0.05, 0.1) is 19.6 Å². The second-order valence-electron chi connectivity index (χ2n) is 7.14. The summed E-state index contributed by atoms with van der Waals surface area (Å²) in [4.78, 5) is 41.6. The van der Waals surface area contributed by atoms with Crippen molar-refractivity contribution in [1.29, 1.82) is 0 Å². The van der Waals surface area contributed by atoms with Gasteiger partial charge >= 0.3 is 11.9 Å². The molecule has 0 saturated carbocycles. The van der Waals surface area contributed by atoms with Gasteiger partial charge < -0.3 is 15.4 Å². The molecule has 29 heavy (non-hydrogen) atoms. The van der Waals surface area contributed by atoms with Crippen LogP contribution in [0.2, 0.25) is 0 Å². The van der Waals surface area contributed by atoms with Gasteiger partial charge in [0.15, 0.2) is 5.69 Å². The monoisotopic (exact) mass is 423 g/mol. The summed E-state index contributed by atoms with van der Waals surface area (Å²) in [6.45, 7) is 3.15. The lowest BCUT2D eigenvalue weighted by molar-refractivity contribution is -0.138. The number of hydrogen-bond acceptors (Lipinski definition) is 6. The molecule has 1 heterocycles. The summed E-state index contributed by atoms with van der Waals surface area (Å²) in [6, 6.07) is 0. The molecular weight excluding hydrogens is 395 g/mol. The van der Waals surface area contributed by atoms with E-state index in [0.717, 1.165) is 9.47 Å². The minimum atomic E-state index is -4.35. The molecule has 0 aliphatic carbocycles. The normalized spacial score (nSPS) is 12.0. The van der Waals surface area contributed by atoms with E-state index < -0.39 is 29.8 Å². The maximum absolute atomic E-state index is 12.8. The van der Waals surface area contributed by atoms with E-state index in [1.807, 2.05) is 13.8 Å². The molecule has 166 valence electrons. The first-order chi connectivity index (χ1) is 13.4. The fourth-order valence-electron chi connectivity index (χ4n) is 2.64. The van der Waals surface area contributed by atoms with Crippen LogP contribution in [0.25, 0.3) is 0 Å². The number of amides is 1. The number of methoxy groups -OCH3 is 1. The Bertz CT molecular complexity index is 804. The molecule has 0 atom stereocenters. The Balaban J connectivity index is 3.22. The molecule has 1 aromatic rings. The third kappa shape index (κ3) is 7.54. The number of hydrogen-bond donors (Lipinski definition) is 2. The van der Waals surface area contributed by atoms with Crippen molar-refractivity contribution in [3.05, 3.63) is 20.8 Å². The highest BCUT2D eigenvalue weighted by Crippen LogP contribution is 2.20. The maximum Gasteiger partial charge on any atom is 0.390 e. The predicted molar refractivity (Wildman–Crippen MR) is 103 cm³/mol. The molecule has 9 nitrogen and oxygen atoms in total. The molecule has 0 saturated heterocycles. The molecule has 0 radical (unpaired) electrons. The standard InChI is InChI=1S/C17H28F3N5O4/c1-11(2)9-25-14(21)13(15(27)22-16(25)28)24(7-8-29-4)12(26)10-23(3)6-5-17(18,19)20/h11H,5-10,21H2,1-4H3,(H,22,27,28). The van der Waals surface area contributed by atoms with Crippen molar-refractivity contribution >= 4 is 17.4 Å². The number of alkyl halides is 3. The Morgan fingerprint density at radius 1 is 1.28 bits per heavy atom. The number of halogens is 3. The number of ether oxygens (including phenoxy) is 1. The van der Waals surface area contributed by atoms with E-state index in [4.69, 9.17) is 10.5 Å². The Morgan fingerprint density at radius 2 is 1.90 bits per heavy atom. The molecule has 0 aliphatic heterocycles. The summed E-state index contributed by atoms with van der Waals surface area (Å²) in [6.07, 6.45) is -5.42. The number of anilines is 2. The van der Waals surface area contributed by atoms with Gasteiger partial charge in [0.2, 0.25) is 5.91 Å². The lowest BCUT2D eigenvalue weighted by atomic mass is 10.2. The van der Waals surface area contributed by atoms with E-state index in [2.05, 4.69) is 4.98 Å². The zero-order valence-corrected chi connectivity index (χ0v) is 17.0. The van der Waals surface area contributed by atoms with Crippen LogP contribution in [0, 0.1) is 5.92 Å². The highest BCUT2D eigenvalue weighted by Gasteiger charge is 2.29. The number of rotatable bonds is 10. The second-order valence-corrected chi connectivity index (χ2v) is 7.14. The minimum Gasteiger partial charge on any atom is -0.383 e. The Hall–Kier alpha value is -2.34. The molecule has 1 amide bonds. The number of carbonyl (C=O) groups is 1. The number of aromatic nitrogens is 2. The number of nitrogens with zero attached hydrogens (tertiary/aromatic N) is 3. The Labute approximate surface area is 166 Å². The van der Waals surface area contributed by atoms with Gasteiger partial charge in [-0.2, -0.15) is 13.2 Å². The van der Waals surface area contributed by atoms with Gasteiger partial charge in [-0.3, -0.25) is 24.0 Å². The Kier molecular flexibility index (Phi) is 8.89. The molecule has 1 rings (SSSR count). The van der Waals surface area contributed by atoms with Crippen molar-refractivity contribution in [1.82, 2.24) is 14.5 Å². The summed E-state index contributed by atoms with van der Waals surface area (Å²) in [5, 5.41) is 0. The number of nitrogens with two attached hydrogens (primary N) is 1. The Morgan fingerprint density at radius 3 is 2.41 bits per heavy atom. The smallest absolute Gasteiger partial charge is 0.383 e. The SMILES string of the molecule is COCCN(C(=O)CN(C)CCC(F)(F)F)c1c(N)n(CC(C)C)c(=O)[nH]c1=O. The highest BCUT2D eigenvalue weighted by molar-refractivity contribution is 5.96. The van der Waals surface area contributed by atoms with Gasteiger partial charge in [0.1, 0.15) is 5.82 Å². The molecular formula is C17H28F3N5O4. The molecule has 1 aromatic heterocycles. The third-order valence-corrected chi connectivity index (χ3v) is 4.03. The zero-order chi connectivity index (χ0) is 22.4. The van der Waals surface area contributed by atoms with Gasteiger partial charge in [0, 0.05) is 26.7 Å². The summed E-state index contributed by atoms with van der Waals surface area (Å²) in [7, 11) is 2.76. The minimum absolute atomic E-state index is 0.0328. The van der Waals surface area contributed by atoms with Crippen molar-refractivity contribution in [2.75, 3.05) is 51.0 Å². The van der Waals surface area contributed by atoms with Crippen LogP contribution in [0.3, 0.4) is 0 Å². The molecule has 0 unspecified atom stereocenters. The van der Waals surface area contributed by atoms with Crippen molar-refractivity contribution in [2.24, 2.45) is 5.92 Å². The lowest BCUT2D eigenvalue weighted by Crippen LogP contribution is -2.46. The first-order valence-corrected chi connectivity index (χ1v) is 9.04. The van der Waals surface area contributed by atoms with Crippen LogP contribution in [0.5, 0.6) is 0 Å². The molecule has 0 aromatic carbocycles. The fraction of sp³-hybridized carbons (Fsp3) is 0.706. The first kappa shape index (κ1) is 24.7. The maximum atomic E-state index is 12.8. The van der Waals surface area contributed by atoms with Crippen LogP contribution in [-0.2, 0) is 16.1 Å². The fourth-order valence-corrected chi connectivity index (χ4v) is 2.64. The van der Waals surface area contributed by atoms with Crippen LogP contribution >= 0.6 is 0 Å². The molecule has 3 N–H and O–H groups in total. The average Bonchev–Trinajstić information content (AvgIpc) is 2.58. The third-order valence-electron chi connectivity index (χ3n) is 4.03. The molecule has 0 fully saturated rings.